The number of carbonyl (C=O) groups is 1. The van der Waals surface area contributed by atoms with E-state index >= 15 is 0 Å². The summed E-state index contributed by atoms with van der Waals surface area (Å²) in [7, 11) is 0. The molecular formula is C14H28O2. The zero-order valence-electron chi connectivity index (χ0n) is 11.1. The van der Waals surface area contributed by atoms with Gasteiger partial charge in [-0.05, 0) is 12.8 Å². The van der Waals surface area contributed by atoms with Gasteiger partial charge in [0.1, 0.15) is 0 Å². The first kappa shape index (κ1) is 15.5. The fraction of sp³-hybridized carbons (Fsp3) is 0.929. The highest BCUT2D eigenvalue weighted by Gasteiger charge is 2.00. The molecule has 0 N–H and O–H groups in total. The van der Waals surface area contributed by atoms with Gasteiger partial charge in [0.05, 0.1) is 6.61 Å². The third-order valence-corrected chi connectivity index (χ3v) is 2.75. The molecule has 0 aromatic rings. The van der Waals surface area contributed by atoms with Gasteiger partial charge in [0.25, 0.3) is 0 Å². The van der Waals surface area contributed by atoms with Crippen molar-refractivity contribution in [2.75, 3.05) is 6.61 Å². The van der Waals surface area contributed by atoms with E-state index in [4.69, 9.17) is 4.74 Å². The predicted octanol–water partition coefficient (Wildman–Crippen LogP) is 4.47. The van der Waals surface area contributed by atoms with Crippen LogP contribution >= 0.6 is 0 Å². The number of hydrogen-bond acceptors (Lipinski definition) is 2. The van der Waals surface area contributed by atoms with Crippen LogP contribution in [0.3, 0.4) is 0 Å². The van der Waals surface area contributed by atoms with Gasteiger partial charge in [-0.3, -0.25) is 4.79 Å². The first-order chi connectivity index (χ1) is 7.81. The predicted molar refractivity (Wildman–Crippen MR) is 68.5 cm³/mol. The van der Waals surface area contributed by atoms with Gasteiger partial charge < -0.3 is 4.74 Å². The number of esters is 1. The largest absolute Gasteiger partial charge is 0.466 e. The minimum atomic E-state index is -0.0205. The lowest BCUT2D eigenvalue weighted by Gasteiger charge is -2.04. The molecule has 0 heterocycles. The average Bonchev–Trinajstić information content (AvgIpc) is 2.30. The first-order valence-corrected chi connectivity index (χ1v) is 6.96. The molecule has 0 aromatic carbocycles. The SMILES string of the molecule is CCCCCCCCCOC(=O)CCCC. The lowest BCUT2D eigenvalue weighted by molar-refractivity contribution is -0.143. The van der Waals surface area contributed by atoms with Crippen LogP contribution in [0.5, 0.6) is 0 Å². The molecule has 0 rings (SSSR count). The normalized spacial score (nSPS) is 10.4. The van der Waals surface area contributed by atoms with Gasteiger partial charge in [-0.2, -0.15) is 0 Å². The summed E-state index contributed by atoms with van der Waals surface area (Å²) in [4.78, 5) is 11.2. The summed E-state index contributed by atoms with van der Waals surface area (Å²) in [5.41, 5.74) is 0. The molecule has 0 radical (unpaired) electrons. The van der Waals surface area contributed by atoms with Gasteiger partial charge in [0.15, 0.2) is 0 Å². The van der Waals surface area contributed by atoms with Crippen LogP contribution in [0, 0.1) is 0 Å². The number of hydrogen-bond donors (Lipinski definition) is 0. The lowest BCUT2D eigenvalue weighted by Crippen LogP contribution is -2.05. The molecule has 0 saturated carbocycles. The Kier molecular flexibility index (Phi) is 12.1. The van der Waals surface area contributed by atoms with E-state index in [1.165, 1.54) is 38.5 Å². The van der Waals surface area contributed by atoms with Gasteiger partial charge >= 0.3 is 5.97 Å². The summed E-state index contributed by atoms with van der Waals surface area (Å²) in [5, 5.41) is 0. The van der Waals surface area contributed by atoms with Crippen molar-refractivity contribution in [2.24, 2.45) is 0 Å². The van der Waals surface area contributed by atoms with Crippen LogP contribution in [0.1, 0.15) is 78.1 Å². The van der Waals surface area contributed by atoms with Crippen LogP contribution in [0.4, 0.5) is 0 Å². The molecule has 0 atom stereocenters. The average molecular weight is 228 g/mol. The molecule has 0 amide bonds. The third kappa shape index (κ3) is 11.5. The van der Waals surface area contributed by atoms with Crippen molar-refractivity contribution in [1.82, 2.24) is 0 Å². The molecule has 0 fully saturated rings. The van der Waals surface area contributed by atoms with E-state index in [1.54, 1.807) is 0 Å². The molecule has 0 aliphatic rings. The Morgan fingerprint density at radius 2 is 1.38 bits per heavy atom. The van der Waals surface area contributed by atoms with Crippen LogP contribution in [0.25, 0.3) is 0 Å². The molecule has 96 valence electrons. The minimum Gasteiger partial charge on any atom is -0.466 e. The van der Waals surface area contributed by atoms with Crippen molar-refractivity contribution in [3.8, 4) is 0 Å². The summed E-state index contributed by atoms with van der Waals surface area (Å²) in [6, 6.07) is 0. The van der Waals surface area contributed by atoms with E-state index in [0.717, 1.165) is 19.3 Å². The summed E-state index contributed by atoms with van der Waals surface area (Å²) in [6.45, 7) is 4.94. The molecule has 0 bridgehead atoms. The summed E-state index contributed by atoms with van der Waals surface area (Å²) >= 11 is 0. The van der Waals surface area contributed by atoms with E-state index in [9.17, 15) is 4.79 Å². The molecular weight excluding hydrogens is 200 g/mol. The molecule has 0 aliphatic carbocycles. The van der Waals surface area contributed by atoms with Crippen LogP contribution in [0.15, 0.2) is 0 Å². The first-order valence-electron chi connectivity index (χ1n) is 6.96. The Morgan fingerprint density at radius 1 is 0.812 bits per heavy atom. The maximum Gasteiger partial charge on any atom is 0.305 e. The van der Waals surface area contributed by atoms with Crippen molar-refractivity contribution in [3.05, 3.63) is 0 Å². The van der Waals surface area contributed by atoms with Gasteiger partial charge in [0.2, 0.25) is 0 Å². The third-order valence-electron chi connectivity index (χ3n) is 2.75. The van der Waals surface area contributed by atoms with Gasteiger partial charge in [-0.25, -0.2) is 0 Å². The summed E-state index contributed by atoms with van der Waals surface area (Å²) in [6.07, 6.45) is 11.5. The Balaban J connectivity index is 3.05. The topological polar surface area (TPSA) is 26.3 Å². The Hall–Kier alpha value is -0.530. The number of carbonyl (C=O) groups excluding carboxylic acids is 1. The zero-order chi connectivity index (χ0) is 12.1. The fourth-order valence-electron chi connectivity index (χ4n) is 1.64. The van der Waals surface area contributed by atoms with E-state index in [0.29, 0.717) is 13.0 Å². The smallest absolute Gasteiger partial charge is 0.305 e. The van der Waals surface area contributed by atoms with Gasteiger partial charge in [0, 0.05) is 6.42 Å². The van der Waals surface area contributed by atoms with Gasteiger partial charge in [-0.1, -0.05) is 58.8 Å². The Morgan fingerprint density at radius 3 is 2.00 bits per heavy atom. The van der Waals surface area contributed by atoms with E-state index in [1.807, 2.05) is 0 Å². The highest BCUT2D eigenvalue weighted by Crippen LogP contribution is 2.07. The summed E-state index contributed by atoms with van der Waals surface area (Å²) in [5.74, 6) is -0.0205. The number of unbranched alkanes of at least 4 members (excludes halogenated alkanes) is 7. The van der Waals surface area contributed by atoms with Crippen molar-refractivity contribution in [3.63, 3.8) is 0 Å². The minimum absolute atomic E-state index is 0.0205. The monoisotopic (exact) mass is 228 g/mol. The van der Waals surface area contributed by atoms with E-state index < -0.39 is 0 Å². The maximum atomic E-state index is 11.2. The van der Waals surface area contributed by atoms with Crippen molar-refractivity contribution >= 4 is 5.97 Å². The lowest BCUT2D eigenvalue weighted by atomic mass is 10.1. The summed E-state index contributed by atoms with van der Waals surface area (Å²) < 4.78 is 5.13. The fourth-order valence-corrected chi connectivity index (χ4v) is 1.64. The Labute approximate surface area is 101 Å². The van der Waals surface area contributed by atoms with Crippen molar-refractivity contribution < 1.29 is 9.53 Å². The highest BCUT2D eigenvalue weighted by molar-refractivity contribution is 5.69. The highest BCUT2D eigenvalue weighted by atomic mass is 16.5. The second kappa shape index (κ2) is 12.5. The molecule has 0 aliphatic heterocycles. The van der Waals surface area contributed by atoms with Crippen LogP contribution < -0.4 is 0 Å². The second-order valence-electron chi connectivity index (χ2n) is 4.45. The maximum absolute atomic E-state index is 11.2. The number of ether oxygens (including phenoxy) is 1. The Bertz CT molecular complexity index is 155. The second-order valence-corrected chi connectivity index (χ2v) is 4.45. The van der Waals surface area contributed by atoms with Gasteiger partial charge in [-0.15, -0.1) is 0 Å². The molecule has 16 heavy (non-hydrogen) atoms. The molecule has 0 aromatic heterocycles. The van der Waals surface area contributed by atoms with E-state index in [-0.39, 0.29) is 5.97 Å². The van der Waals surface area contributed by atoms with Crippen molar-refractivity contribution in [1.29, 1.82) is 0 Å². The zero-order valence-corrected chi connectivity index (χ0v) is 11.1. The quantitative estimate of drug-likeness (QED) is 0.385. The van der Waals surface area contributed by atoms with Crippen LogP contribution in [-0.2, 0) is 9.53 Å². The molecule has 0 saturated heterocycles. The molecule has 0 spiro atoms. The standard InChI is InChI=1S/C14H28O2/c1-3-5-7-8-9-10-11-13-16-14(15)12-6-4-2/h3-13H2,1-2H3. The van der Waals surface area contributed by atoms with Crippen LogP contribution in [0.2, 0.25) is 0 Å². The van der Waals surface area contributed by atoms with E-state index in [2.05, 4.69) is 13.8 Å². The van der Waals surface area contributed by atoms with Crippen molar-refractivity contribution in [2.45, 2.75) is 78.1 Å². The van der Waals surface area contributed by atoms with Crippen LogP contribution in [-0.4, -0.2) is 12.6 Å². The molecule has 2 heteroatoms. The molecule has 2 nitrogen and oxygen atoms in total. The number of rotatable bonds is 11. The molecule has 0 unspecified atom stereocenters.